The van der Waals surface area contributed by atoms with Crippen molar-refractivity contribution in [1.29, 1.82) is 0 Å². The van der Waals surface area contributed by atoms with Gasteiger partial charge in [-0.05, 0) is 19.8 Å². The maximum atomic E-state index is 11.4. The standard InChI is InChI=1S/C17H32O4/c1-3-15(17(20)21-2)16(19)13-11-9-7-5-4-6-8-10-12-14-18/h3,16,18-19H,4-14H2,1-2H3. The molecule has 0 aromatic carbocycles. The molecule has 0 aliphatic rings. The number of rotatable bonds is 13. The zero-order valence-corrected chi connectivity index (χ0v) is 13.6. The van der Waals surface area contributed by atoms with Gasteiger partial charge in [0.1, 0.15) is 0 Å². The second-order valence-electron chi connectivity index (χ2n) is 5.45. The van der Waals surface area contributed by atoms with E-state index in [9.17, 15) is 9.90 Å². The number of hydrogen-bond donors (Lipinski definition) is 2. The van der Waals surface area contributed by atoms with E-state index in [1.54, 1.807) is 13.0 Å². The maximum Gasteiger partial charge on any atom is 0.336 e. The number of methoxy groups -OCH3 is 1. The third kappa shape index (κ3) is 10.5. The summed E-state index contributed by atoms with van der Waals surface area (Å²) in [5.41, 5.74) is 0.362. The minimum absolute atomic E-state index is 0.308. The lowest BCUT2D eigenvalue weighted by Crippen LogP contribution is -2.19. The largest absolute Gasteiger partial charge is 0.466 e. The van der Waals surface area contributed by atoms with Crippen molar-refractivity contribution in [2.75, 3.05) is 13.7 Å². The average molecular weight is 300 g/mol. The molecule has 0 aliphatic heterocycles. The Morgan fingerprint density at radius 2 is 1.48 bits per heavy atom. The molecule has 0 heterocycles. The quantitative estimate of drug-likeness (QED) is 0.311. The molecule has 0 rings (SSSR count). The Labute approximate surface area is 129 Å². The smallest absolute Gasteiger partial charge is 0.336 e. The zero-order chi connectivity index (χ0) is 15.9. The molecule has 21 heavy (non-hydrogen) atoms. The lowest BCUT2D eigenvalue weighted by atomic mass is 10.0. The fourth-order valence-electron chi connectivity index (χ4n) is 2.41. The fraction of sp³-hybridized carbons (Fsp3) is 0.824. The summed E-state index contributed by atoms with van der Waals surface area (Å²) in [5.74, 6) is -0.437. The van der Waals surface area contributed by atoms with Crippen LogP contribution in [-0.2, 0) is 9.53 Å². The Morgan fingerprint density at radius 3 is 1.90 bits per heavy atom. The molecule has 0 radical (unpaired) electrons. The molecule has 0 bridgehead atoms. The minimum atomic E-state index is -0.707. The molecule has 4 nitrogen and oxygen atoms in total. The van der Waals surface area contributed by atoms with Crippen LogP contribution in [0.25, 0.3) is 0 Å². The van der Waals surface area contributed by atoms with Gasteiger partial charge in [-0.3, -0.25) is 0 Å². The average Bonchev–Trinajstić information content (AvgIpc) is 2.49. The lowest BCUT2D eigenvalue weighted by Gasteiger charge is -2.12. The van der Waals surface area contributed by atoms with E-state index < -0.39 is 12.1 Å². The number of hydrogen-bond acceptors (Lipinski definition) is 4. The van der Waals surface area contributed by atoms with Crippen LogP contribution in [-0.4, -0.2) is 36.0 Å². The molecular formula is C17H32O4. The third-order valence-corrected chi connectivity index (χ3v) is 3.73. The third-order valence-electron chi connectivity index (χ3n) is 3.73. The Bertz CT molecular complexity index is 287. The van der Waals surface area contributed by atoms with Crippen LogP contribution in [0.15, 0.2) is 11.6 Å². The normalized spacial score (nSPS) is 13.2. The van der Waals surface area contributed by atoms with Crippen LogP contribution >= 0.6 is 0 Å². The summed E-state index contributed by atoms with van der Waals surface area (Å²) in [6, 6.07) is 0. The maximum absolute atomic E-state index is 11.4. The molecule has 0 amide bonds. The predicted molar refractivity (Wildman–Crippen MR) is 85.0 cm³/mol. The van der Waals surface area contributed by atoms with Crippen molar-refractivity contribution in [2.24, 2.45) is 0 Å². The van der Waals surface area contributed by atoms with Crippen molar-refractivity contribution in [3.63, 3.8) is 0 Å². The van der Waals surface area contributed by atoms with Gasteiger partial charge < -0.3 is 14.9 Å². The topological polar surface area (TPSA) is 66.8 Å². The van der Waals surface area contributed by atoms with Crippen LogP contribution < -0.4 is 0 Å². The minimum Gasteiger partial charge on any atom is -0.466 e. The van der Waals surface area contributed by atoms with Crippen LogP contribution in [0.5, 0.6) is 0 Å². The van der Waals surface area contributed by atoms with E-state index in [0.717, 1.165) is 25.7 Å². The number of allylic oxidation sites excluding steroid dienone is 1. The van der Waals surface area contributed by atoms with Crippen LogP contribution in [0.2, 0.25) is 0 Å². The van der Waals surface area contributed by atoms with Gasteiger partial charge >= 0.3 is 5.97 Å². The van der Waals surface area contributed by atoms with E-state index >= 15 is 0 Å². The van der Waals surface area contributed by atoms with Crippen molar-refractivity contribution >= 4 is 5.97 Å². The highest BCUT2D eigenvalue weighted by molar-refractivity contribution is 5.89. The van der Waals surface area contributed by atoms with Crippen LogP contribution in [0.4, 0.5) is 0 Å². The number of aliphatic hydroxyl groups is 2. The molecule has 0 aliphatic carbocycles. The summed E-state index contributed by atoms with van der Waals surface area (Å²) in [7, 11) is 1.33. The SMILES string of the molecule is CC=C(C(=O)OC)C(O)CCCCCCCCCCCO. The summed E-state index contributed by atoms with van der Waals surface area (Å²) < 4.78 is 4.64. The highest BCUT2D eigenvalue weighted by Crippen LogP contribution is 2.15. The number of ether oxygens (including phenoxy) is 1. The number of carbonyl (C=O) groups is 1. The van der Waals surface area contributed by atoms with Gasteiger partial charge in [0.25, 0.3) is 0 Å². The number of esters is 1. The summed E-state index contributed by atoms with van der Waals surface area (Å²) in [6.45, 7) is 2.05. The van der Waals surface area contributed by atoms with Crippen molar-refractivity contribution in [2.45, 2.75) is 77.2 Å². The van der Waals surface area contributed by atoms with Crippen LogP contribution in [0.3, 0.4) is 0 Å². The van der Waals surface area contributed by atoms with Crippen molar-refractivity contribution in [1.82, 2.24) is 0 Å². The first kappa shape index (κ1) is 20.1. The van der Waals surface area contributed by atoms with Crippen molar-refractivity contribution in [3.05, 3.63) is 11.6 Å². The molecule has 0 spiro atoms. The highest BCUT2D eigenvalue weighted by atomic mass is 16.5. The fourth-order valence-corrected chi connectivity index (χ4v) is 2.41. The van der Waals surface area contributed by atoms with Gasteiger partial charge in [0.2, 0.25) is 0 Å². The summed E-state index contributed by atoms with van der Waals surface area (Å²) in [6.07, 6.45) is 11.7. The molecule has 0 aromatic rings. The van der Waals surface area contributed by atoms with Gasteiger partial charge in [0.15, 0.2) is 0 Å². The summed E-state index contributed by atoms with van der Waals surface area (Å²) in [5, 5.41) is 18.6. The second kappa shape index (κ2) is 14.1. The van der Waals surface area contributed by atoms with Gasteiger partial charge in [0, 0.05) is 6.61 Å². The van der Waals surface area contributed by atoms with Crippen molar-refractivity contribution < 1.29 is 19.7 Å². The molecular weight excluding hydrogens is 268 g/mol. The summed E-state index contributed by atoms with van der Waals surface area (Å²) >= 11 is 0. The van der Waals surface area contributed by atoms with E-state index in [-0.39, 0.29) is 0 Å². The monoisotopic (exact) mass is 300 g/mol. The van der Waals surface area contributed by atoms with Gasteiger partial charge in [-0.1, -0.05) is 57.4 Å². The Morgan fingerprint density at radius 1 is 1.00 bits per heavy atom. The number of unbranched alkanes of at least 4 members (excludes halogenated alkanes) is 8. The van der Waals surface area contributed by atoms with E-state index in [0.29, 0.717) is 18.6 Å². The highest BCUT2D eigenvalue weighted by Gasteiger charge is 2.17. The number of carbonyl (C=O) groups excluding carboxylic acids is 1. The molecule has 0 saturated carbocycles. The Kier molecular flexibility index (Phi) is 13.5. The predicted octanol–water partition coefficient (Wildman–Crippen LogP) is 3.36. The Hall–Kier alpha value is -0.870. The number of aliphatic hydroxyl groups excluding tert-OH is 2. The Balaban J connectivity index is 3.52. The van der Waals surface area contributed by atoms with E-state index in [2.05, 4.69) is 4.74 Å². The molecule has 0 aromatic heterocycles. The van der Waals surface area contributed by atoms with E-state index in [1.165, 1.54) is 39.2 Å². The van der Waals surface area contributed by atoms with Gasteiger partial charge in [-0.2, -0.15) is 0 Å². The van der Waals surface area contributed by atoms with Gasteiger partial charge in [-0.15, -0.1) is 0 Å². The van der Waals surface area contributed by atoms with E-state index in [1.807, 2.05) is 0 Å². The molecule has 1 atom stereocenters. The first-order chi connectivity index (χ1) is 10.2. The zero-order valence-electron chi connectivity index (χ0n) is 13.6. The molecule has 4 heteroatoms. The second-order valence-corrected chi connectivity index (χ2v) is 5.45. The van der Waals surface area contributed by atoms with Crippen LogP contribution in [0.1, 0.15) is 71.1 Å². The van der Waals surface area contributed by atoms with Gasteiger partial charge in [-0.25, -0.2) is 4.79 Å². The lowest BCUT2D eigenvalue weighted by molar-refractivity contribution is -0.137. The molecule has 0 saturated heterocycles. The summed E-state index contributed by atoms with van der Waals surface area (Å²) in [4.78, 5) is 11.4. The molecule has 1 unspecified atom stereocenters. The molecule has 124 valence electrons. The first-order valence-corrected chi connectivity index (χ1v) is 8.20. The van der Waals surface area contributed by atoms with Gasteiger partial charge in [0.05, 0.1) is 18.8 Å². The van der Waals surface area contributed by atoms with E-state index in [4.69, 9.17) is 5.11 Å². The molecule has 0 fully saturated rings. The van der Waals surface area contributed by atoms with Crippen LogP contribution in [0, 0.1) is 0 Å². The molecule has 2 N–H and O–H groups in total. The van der Waals surface area contributed by atoms with Crippen molar-refractivity contribution in [3.8, 4) is 0 Å². The first-order valence-electron chi connectivity index (χ1n) is 8.20.